The first-order valence-electron chi connectivity index (χ1n) is 5.09. The van der Waals surface area contributed by atoms with E-state index in [4.69, 9.17) is 20.2 Å². The van der Waals surface area contributed by atoms with Crippen molar-refractivity contribution in [2.45, 2.75) is 18.8 Å². The summed E-state index contributed by atoms with van der Waals surface area (Å²) in [4.78, 5) is 0. The van der Waals surface area contributed by atoms with E-state index in [1.165, 1.54) is 33.3 Å². The maximum absolute atomic E-state index is 13.3. The molecular weight excluding hydrogens is 283 g/mol. The van der Waals surface area contributed by atoms with Crippen LogP contribution in [0.3, 0.4) is 0 Å². The molecule has 0 aliphatic rings. The fourth-order valence-electron chi connectivity index (χ4n) is 1.59. The zero-order valence-electron chi connectivity index (χ0n) is 10.2. The molecule has 0 saturated carbocycles. The molecule has 18 heavy (non-hydrogen) atoms. The summed E-state index contributed by atoms with van der Waals surface area (Å²) in [5, 5.41) is 0. The summed E-state index contributed by atoms with van der Waals surface area (Å²) in [6.45, 7) is 1.35. The van der Waals surface area contributed by atoms with Crippen LogP contribution in [0.25, 0.3) is 0 Å². The van der Waals surface area contributed by atoms with Crippen LogP contribution in [0.4, 0.5) is 4.39 Å². The molecule has 0 aliphatic carbocycles. The van der Waals surface area contributed by atoms with E-state index in [2.05, 4.69) is 0 Å². The molecule has 0 N–H and O–H groups in total. The average molecular weight is 297 g/mol. The molecule has 0 bridgehead atoms. The summed E-state index contributed by atoms with van der Waals surface area (Å²) in [6.07, 6.45) is -1.25. The average Bonchev–Trinajstić information content (AvgIpc) is 2.25. The Kier molecular flexibility index (Phi) is 4.81. The van der Waals surface area contributed by atoms with Gasteiger partial charge in [-0.3, -0.25) is 0 Å². The molecule has 0 amide bonds. The van der Waals surface area contributed by atoms with Crippen molar-refractivity contribution >= 4 is 19.7 Å². The van der Waals surface area contributed by atoms with Crippen molar-refractivity contribution in [2.75, 3.05) is 14.2 Å². The molecule has 0 spiro atoms. The molecule has 7 heteroatoms. The van der Waals surface area contributed by atoms with Gasteiger partial charge in [-0.05, 0) is 24.6 Å². The molecule has 0 heterocycles. The van der Waals surface area contributed by atoms with Crippen molar-refractivity contribution < 1.29 is 22.3 Å². The van der Waals surface area contributed by atoms with Crippen LogP contribution in [-0.4, -0.2) is 22.6 Å². The van der Waals surface area contributed by atoms with Crippen LogP contribution >= 0.6 is 10.7 Å². The Morgan fingerprint density at radius 2 is 1.94 bits per heavy atom. The van der Waals surface area contributed by atoms with Gasteiger partial charge in [0.05, 0.1) is 20.0 Å². The van der Waals surface area contributed by atoms with Crippen molar-refractivity contribution in [3.63, 3.8) is 0 Å². The van der Waals surface area contributed by atoms with Crippen LogP contribution in [0, 0.1) is 0 Å². The molecule has 0 radical (unpaired) electrons. The summed E-state index contributed by atoms with van der Waals surface area (Å²) >= 11 is 0. The topological polar surface area (TPSA) is 52.6 Å². The lowest BCUT2D eigenvalue weighted by molar-refractivity contribution is 0.345. The number of benzene rings is 1. The Hall–Kier alpha value is -1.01. The number of rotatable bonds is 5. The molecule has 0 aliphatic heterocycles. The molecule has 1 aromatic carbocycles. The van der Waals surface area contributed by atoms with E-state index in [9.17, 15) is 12.8 Å². The van der Waals surface area contributed by atoms with Gasteiger partial charge in [0.1, 0.15) is 6.17 Å². The lowest BCUT2D eigenvalue weighted by Gasteiger charge is -2.14. The minimum Gasteiger partial charge on any atom is -0.493 e. The van der Waals surface area contributed by atoms with Gasteiger partial charge in [0.2, 0.25) is 9.05 Å². The van der Waals surface area contributed by atoms with Gasteiger partial charge >= 0.3 is 0 Å². The van der Waals surface area contributed by atoms with Crippen molar-refractivity contribution in [3.8, 4) is 11.5 Å². The first-order valence-corrected chi connectivity index (χ1v) is 7.57. The van der Waals surface area contributed by atoms with Crippen LogP contribution in [-0.2, 0) is 14.8 Å². The summed E-state index contributed by atoms with van der Waals surface area (Å²) in [5.41, 5.74) is 0.578. The van der Waals surface area contributed by atoms with Crippen LogP contribution in [0.1, 0.15) is 24.2 Å². The molecule has 0 saturated heterocycles. The van der Waals surface area contributed by atoms with Crippen LogP contribution < -0.4 is 9.47 Å². The Bertz CT molecular complexity index is 528. The molecule has 0 aromatic heterocycles. The van der Waals surface area contributed by atoms with Gasteiger partial charge in [-0.15, -0.1) is 0 Å². The Morgan fingerprint density at radius 3 is 2.33 bits per heavy atom. The van der Waals surface area contributed by atoms with Crippen molar-refractivity contribution in [2.24, 2.45) is 0 Å². The third-order valence-corrected chi connectivity index (χ3v) is 3.35. The second-order valence-corrected chi connectivity index (χ2v) is 6.49. The van der Waals surface area contributed by atoms with E-state index in [0.29, 0.717) is 5.56 Å². The summed E-state index contributed by atoms with van der Waals surface area (Å²) in [6, 6.07) is 2.87. The normalized spacial score (nSPS) is 13.2. The van der Waals surface area contributed by atoms with E-state index >= 15 is 0 Å². The van der Waals surface area contributed by atoms with Gasteiger partial charge in [0, 0.05) is 16.2 Å². The van der Waals surface area contributed by atoms with Crippen molar-refractivity contribution in [1.82, 2.24) is 0 Å². The number of ether oxygens (including phenoxy) is 2. The quantitative estimate of drug-likeness (QED) is 0.784. The second kappa shape index (κ2) is 5.75. The number of alkyl halides is 1. The third kappa shape index (κ3) is 3.74. The van der Waals surface area contributed by atoms with Crippen LogP contribution in [0.2, 0.25) is 0 Å². The van der Waals surface area contributed by atoms with E-state index < -0.39 is 21.0 Å². The maximum Gasteiger partial charge on any atom is 0.236 e. The number of hydrogen-bond acceptors (Lipinski definition) is 4. The predicted molar refractivity (Wildman–Crippen MR) is 67.5 cm³/mol. The van der Waals surface area contributed by atoms with E-state index in [0.717, 1.165) is 0 Å². The van der Waals surface area contributed by atoms with Crippen molar-refractivity contribution in [1.29, 1.82) is 0 Å². The SMILES string of the molecule is COc1cc(C(C)F)cc(CS(=O)(=O)Cl)c1OC. The zero-order chi connectivity index (χ0) is 13.9. The van der Waals surface area contributed by atoms with Crippen LogP contribution in [0.5, 0.6) is 11.5 Å². The fourth-order valence-corrected chi connectivity index (χ4v) is 2.53. The number of hydrogen-bond donors (Lipinski definition) is 0. The zero-order valence-corrected chi connectivity index (χ0v) is 11.8. The monoisotopic (exact) mass is 296 g/mol. The Balaban J connectivity index is 3.40. The van der Waals surface area contributed by atoms with Gasteiger partial charge in [-0.2, -0.15) is 0 Å². The standard InChI is InChI=1S/C11H14ClFO4S/c1-7(13)8-4-9(6-18(12,14)15)11(17-3)10(5-8)16-2/h4-5,7H,6H2,1-3H3. The summed E-state index contributed by atoms with van der Waals surface area (Å²) in [5.74, 6) is 0.0650. The summed E-state index contributed by atoms with van der Waals surface area (Å²) < 4.78 is 45.7. The van der Waals surface area contributed by atoms with E-state index in [1.807, 2.05) is 0 Å². The van der Waals surface area contributed by atoms with Crippen LogP contribution in [0.15, 0.2) is 12.1 Å². The minimum atomic E-state index is -3.76. The Labute approximate surface area is 110 Å². The molecule has 1 aromatic rings. The number of methoxy groups -OCH3 is 2. The lowest BCUT2D eigenvalue weighted by Crippen LogP contribution is -2.02. The molecule has 1 rings (SSSR count). The number of halogens is 2. The van der Waals surface area contributed by atoms with Gasteiger partial charge in [-0.1, -0.05) is 0 Å². The highest BCUT2D eigenvalue weighted by molar-refractivity contribution is 8.13. The van der Waals surface area contributed by atoms with Gasteiger partial charge < -0.3 is 9.47 Å². The Morgan fingerprint density at radius 1 is 1.33 bits per heavy atom. The smallest absolute Gasteiger partial charge is 0.236 e. The third-order valence-electron chi connectivity index (χ3n) is 2.37. The minimum absolute atomic E-state index is 0.242. The maximum atomic E-state index is 13.3. The highest BCUT2D eigenvalue weighted by Gasteiger charge is 2.19. The first-order chi connectivity index (χ1) is 8.28. The van der Waals surface area contributed by atoms with Crippen molar-refractivity contribution in [3.05, 3.63) is 23.3 Å². The predicted octanol–water partition coefficient (Wildman–Crippen LogP) is 2.80. The highest BCUT2D eigenvalue weighted by atomic mass is 35.7. The molecule has 102 valence electrons. The highest BCUT2D eigenvalue weighted by Crippen LogP contribution is 2.36. The molecular formula is C11H14ClFO4S. The first kappa shape index (κ1) is 15.0. The molecule has 4 nitrogen and oxygen atoms in total. The molecule has 1 unspecified atom stereocenters. The van der Waals surface area contributed by atoms with E-state index in [1.54, 1.807) is 0 Å². The van der Waals surface area contributed by atoms with E-state index in [-0.39, 0.29) is 17.1 Å². The molecule has 0 fully saturated rings. The van der Waals surface area contributed by atoms with Gasteiger partial charge in [0.15, 0.2) is 11.5 Å². The largest absolute Gasteiger partial charge is 0.493 e. The fraction of sp³-hybridized carbons (Fsp3) is 0.455. The van der Waals surface area contributed by atoms with Gasteiger partial charge in [0.25, 0.3) is 0 Å². The lowest BCUT2D eigenvalue weighted by atomic mass is 10.1. The van der Waals surface area contributed by atoms with Gasteiger partial charge in [-0.25, -0.2) is 12.8 Å². The molecule has 1 atom stereocenters. The second-order valence-electron chi connectivity index (χ2n) is 3.71. The summed E-state index contributed by atoms with van der Waals surface area (Å²) in [7, 11) is 4.21.